The first-order chi connectivity index (χ1) is 7.74. The van der Waals surface area contributed by atoms with Crippen LogP contribution in [0.2, 0.25) is 0 Å². The molecular weight excluding hydrogens is 198 g/mol. The molecule has 0 saturated heterocycles. The highest BCUT2D eigenvalue weighted by molar-refractivity contribution is 5.71. The fourth-order valence-corrected chi connectivity index (χ4v) is 2.45. The standard InChI is InChI=1S/C13H21N3/c1-3-8-16-9-7-15-13-11(10(16)2)5-4-6-12(13)14/h4-6,10,15H,3,7-9,14H2,1-2H3/t10-/m0/s1. The van der Waals surface area contributed by atoms with E-state index in [1.165, 1.54) is 12.0 Å². The van der Waals surface area contributed by atoms with E-state index < -0.39 is 0 Å². The van der Waals surface area contributed by atoms with Crippen LogP contribution in [0.4, 0.5) is 11.4 Å². The second kappa shape index (κ2) is 4.74. The van der Waals surface area contributed by atoms with E-state index in [1.54, 1.807) is 0 Å². The van der Waals surface area contributed by atoms with Gasteiger partial charge in [-0.1, -0.05) is 19.1 Å². The van der Waals surface area contributed by atoms with Crippen molar-refractivity contribution >= 4 is 11.4 Å². The van der Waals surface area contributed by atoms with Gasteiger partial charge in [-0.3, -0.25) is 4.90 Å². The lowest BCUT2D eigenvalue weighted by Crippen LogP contribution is -2.29. The van der Waals surface area contributed by atoms with Gasteiger partial charge in [0, 0.05) is 19.1 Å². The normalized spacial score (nSPS) is 21.0. The second-order valence-corrected chi connectivity index (χ2v) is 4.45. The van der Waals surface area contributed by atoms with Crippen molar-refractivity contribution in [3.63, 3.8) is 0 Å². The van der Waals surface area contributed by atoms with E-state index in [0.717, 1.165) is 31.0 Å². The molecule has 3 heteroatoms. The summed E-state index contributed by atoms with van der Waals surface area (Å²) in [6.07, 6.45) is 1.20. The molecule has 1 aromatic rings. The van der Waals surface area contributed by atoms with Gasteiger partial charge in [0.15, 0.2) is 0 Å². The highest BCUT2D eigenvalue weighted by Gasteiger charge is 2.21. The van der Waals surface area contributed by atoms with Crippen molar-refractivity contribution in [2.75, 3.05) is 30.7 Å². The Kier molecular flexibility index (Phi) is 3.34. The number of hydrogen-bond donors (Lipinski definition) is 2. The Labute approximate surface area is 97.6 Å². The molecule has 3 N–H and O–H groups in total. The van der Waals surface area contributed by atoms with Crippen LogP contribution in [0.3, 0.4) is 0 Å². The molecule has 16 heavy (non-hydrogen) atoms. The van der Waals surface area contributed by atoms with E-state index >= 15 is 0 Å². The maximum Gasteiger partial charge on any atom is 0.0622 e. The zero-order valence-corrected chi connectivity index (χ0v) is 10.2. The van der Waals surface area contributed by atoms with Crippen molar-refractivity contribution in [3.05, 3.63) is 23.8 Å². The van der Waals surface area contributed by atoms with Gasteiger partial charge < -0.3 is 11.1 Å². The summed E-state index contributed by atoms with van der Waals surface area (Å²) in [6, 6.07) is 6.64. The van der Waals surface area contributed by atoms with Crippen LogP contribution < -0.4 is 11.1 Å². The highest BCUT2D eigenvalue weighted by atomic mass is 15.2. The molecule has 3 nitrogen and oxygen atoms in total. The molecule has 0 spiro atoms. The van der Waals surface area contributed by atoms with Gasteiger partial charge >= 0.3 is 0 Å². The van der Waals surface area contributed by atoms with Crippen LogP contribution in [0.1, 0.15) is 31.9 Å². The predicted molar refractivity (Wildman–Crippen MR) is 69.6 cm³/mol. The van der Waals surface area contributed by atoms with E-state index in [4.69, 9.17) is 5.73 Å². The summed E-state index contributed by atoms with van der Waals surface area (Å²) in [7, 11) is 0. The van der Waals surface area contributed by atoms with Gasteiger partial charge in [0.1, 0.15) is 0 Å². The average molecular weight is 219 g/mol. The first kappa shape index (κ1) is 11.3. The lowest BCUT2D eigenvalue weighted by atomic mass is 10.0. The number of nitrogens with one attached hydrogen (secondary N) is 1. The summed E-state index contributed by atoms with van der Waals surface area (Å²) in [5, 5.41) is 3.45. The molecule has 0 radical (unpaired) electrons. The smallest absolute Gasteiger partial charge is 0.0622 e. The number of fused-ring (bicyclic) bond motifs is 1. The first-order valence-electron chi connectivity index (χ1n) is 6.10. The summed E-state index contributed by atoms with van der Waals surface area (Å²) in [6.45, 7) is 7.71. The lowest BCUT2D eigenvalue weighted by molar-refractivity contribution is 0.224. The molecule has 0 fully saturated rings. The minimum atomic E-state index is 0.452. The minimum Gasteiger partial charge on any atom is -0.397 e. The molecule has 1 atom stereocenters. The molecule has 1 aromatic carbocycles. The Morgan fingerprint density at radius 3 is 3.06 bits per heavy atom. The number of nitrogens with zero attached hydrogens (tertiary/aromatic N) is 1. The molecule has 0 saturated carbocycles. The Bertz CT molecular complexity index is 362. The molecule has 1 aliphatic rings. The quantitative estimate of drug-likeness (QED) is 0.751. The number of rotatable bonds is 2. The molecule has 1 aliphatic heterocycles. The SMILES string of the molecule is CCCN1CCNc2c(N)cccc2[C@@H]1C. The number of nitrogen functional groups attached to an aromatic ring is 1. The van der Waals surface area contributed by atoms with Crippen LogP contribution in [0.15, 0.2) is 18.2 Å². The van der Waals surface area contributed by atoms with Crippen molar-refractivity contribution in [2.45, 2.75) is 26.3 Å². The molecule has 2 rings (SSSR count). The largest absolute Gasteiger partial charge is 0.397 e. The first-order valence-corrected chi connectivity index (χ1v) is 6.10. The summed E-state index contributed by atoms with van der Waals surface area (Å²) < 4.78 is 0. The molecule has 0 aliphatic carbocycles. The maximum absolute atomic E-state index is 6.01. The van der Waals surface area contributed by atoms with Gasteiger partial charge in [0.05, 0.1) is 11.4 Å². The summed E-state index contributed by atoms with van der Waals surface area (Å²) in [4.78, 5) is 2.51. The van der Waals surface area contributed by atoms with Crippen molar-refractivity contribution in [2.24, 2.45) is 0 Å². The second-order valence-electron chi connectivity index (χ2n) is 4.45. The third kappa shape index (κ3) is 2.00. The van der Waals surface area contributed by atoms with Crippen LogP contribution in [0.25, 0.3) is 0 Å². The molecule has 88 valence electrons. The maximum atomic E-state index is 6.01. The summed E-state index contributed by atoms with van der Waals surface area (Å²) in [5.74, 6) is 0. The molecule has 0 amide bonds. The van der Waals surface area contributed by atoms with Crippen LogP contribution in [0.5, 0.6) is 0 Å². The predicted octanol–water partition coefficient (Wildman–Crippen LogP) is 2.47. The minimum absolute atomic E-state index is 0.452. The van der Waals surface area contributed by atoms with Crippen LogP contribution in [-0.4, -0.2) is 24.5 Å². The number of hydrogen-bond acceptors (Lipinski definition) is 3. The zero-order chi connectivity index (χ0) is 11.5. The van der Waals surface area contributed by atoms with Crippen molar-refractivity contribution in [1.29, 1.82) is 0 Å². The average Bonchev–Trinajstić information content (AvgIpc) is 2.43. The third-order valence-corrected chi connectivity index (χ3v) is 3.34. The van der Waals surface area contributed by atoms with Crippen LogP contribution >= 0.6 is 0 Å². The Hall–Kier alpha value is -1.22. The molecule has 0 bridgehead atoms. The number of anilines is 2. The lowest BCUT2D eigenvalue weighted by Gasteiger charge is -2.26. The number of benzene rings is 1. The fraction of sp³-hybridized carbons (Fsp3) is 0.538. The fourth-order valence-electron chi connectivity index (χ4n) is 2.45. The van der Waals surface area contributed by atoms with Gasteiger partial charge in [-0.15, -0.1) is 0 Å². The van der Waals surface area contributed by atoms with E-state index in [2.05, 4.69) is 30.1 Å². The Morgan fingerprint density at radius 2 is 2.31 bits per heavy atom. The third-order valence-electron chi connectivity index (χ3n) is 3.34. The van der Waals surface area contributed by atoms with Gasteiger partial charge in [-0.2, -0.15) is 0 Å². The van der Waals surface area contributed by atoms with Gasteiger partial charge in [-0.05, 0) is 31.5 Å². The van der Waals surface area contributed by atoms with E-state index in [0.29, 0.717) is 6.04 Å². The Morgan fingerprint density at radius 1 is 1.50 bits per heavy atom. The van der Waals surface area contributed by atoms with Gasteiger partial charge in [0.2, 0.25) is 0 Å². The summed E-state index contributed by atoms with van der Waals surface area (Å²) in [5.41, 5.74) is 9.33. The van der Waals surface area contributed by atoms with Crippen LogP contribution in [-0.2, 0) is 0 Å². The zero-order valence-electron chi connectivity index (χ0n) is 10.2. The monoisotopic (exact) mass is 219 g/mol. The van der Waals surface area contributed by atoms with E-state index in [9.17, 15) is 0 Å². The number of nitrogens with two attached hydrogens (primary N) is 1. The van der Waals surface area contributed by atoms with E-state index in [1.807, 2.05) is 12.1 Å². The number of para-hydroxylation sites is 1. The van der Waals surface area contributed by atoms with Crippen molar-refractivity contribution < 1.29 is 0 Å². The molecule has 0 unspecified atom stereocenters. The van der Waals surface area contributed by atoms with E-state index in [-0.39, 0.29) is 0 Å². The highest BCUT2D eigenvalue weighted by Crippen LogP contribution is 2.33. The van der Waals surface area contributed by atoms with Crippen molar-refractivity contribution in [3.8, 4) is 0 Å². The Balaban J connectivity index is 2.33. The van der Waals surface area contributed by atoms with Crippen LogP contribution in [0, 0.1) is 0 Å². The molecule has 1 heterocycles. The molecule has 0 aromatic heterocycles. The van der Waals surface area contributed by atoms with Gasteiger partial charge in [-0.25, -0.2) is 0 Å². The van der Waals surface area contributed by atoms with Gasteiger partial charge in [0.25, 0.3) is 0 Å². The van der Waals surface area contributed by atoms with Crippen molar-refractivity contribution in [1.82, 2.24) is 4.90 Å². The topological polar surface area (TPSA) is 41.3 Å². The molecular formula is C13H21N3. The summed E-state index contributed by atoms with van der Waals surface area (Å²) >= 11 is 0.